The highest BCUT2D eigenvalue weighted by Crippen LogP contribution is 2.38. The third-order valence-corrected chi connectivity index (χ3v) is 5.09. The van der Waals surface area contributed by atoms with Crippen molar-refractivity contribution in [2.75, 3.05) is 10.6 Å². The van der Waals surface area contributed by atoms with Crippen LogP contribution in [0.2, 0.25) is 0 Å². The van der Waals surface area contributed by atoms with Crippen molar-refractivity contribution in [1.29, 1.82) is 0 Å². The molecule has 0 aliphatic heterocycles. The lowest BCUT2D eigenvalue weighted by atomic mass is 9.95. The van der Waals surface area contributed by atoms with Crippen molar-refractivity contribution in [3.05, 3.63) is 40.4 Å². The summed E-state index contributed by atoms with van der Waals surface area (Å²) in [5.74, 6) is 0.242. The molecule has 0 saturated carbocycles. The molecular formula is C17H19N3O2S. The number of rotatable bonds is 4. The summed E-state index contributed by atoms with van der Waals surface area (Å²) in [6.45, 7) is 1.80. The van der Waals surface area contributed by atoms with Crippen molar-refractivity contribution in [2.24, 2.45) is 0 Å². The third-order valence-electron chi connectivity index (χ3n) is 3.88. The van der Waals surface area contributed by atoms with Gasteiger partial charge in [-0.05, 0) is 43.4 Å². The quantitative estimate of drug-likeness (QED) is 0.900. The molecule has 0 saturated heterocycles. The van der Waals surface area contributed by atoms with Crippen LogP contribution in [-0.4, -0.2) is 16.8 Å². The summed E-state index contributed by atoms with van der Waals surface area (Å²) in [5, 5.41) is 6.38. The molecule has 0 fully saturated rings. The number of aryl methyl sites for hydroxylation is 1. The van der Waals surface area contributed by atoms with Crippen LogP contribution in [0.3, 0.4) is 0 Å². The lowest BCUT2D eigenvalue weighted by Crippen LogP contribution is -2.18. The van der Waals surface area contributed by atoms with Crippen molar-refractivity contribution in [1.82, 2.24) is 4.98 Å². The zero-order valence-corrected chi connectivity index (χ0v) is 13.8. The molecule has 2 aromatic rings. The minimum absolute atomic E-state index is 0.0736. The van der Waals surface area contributed by atoms with Gasteiger partial charge < -0.3 is 10.6 Å². The van der Waals surface area contributed by atoms with Gasteiger partial charge in [-0.25, -0.2) is 4.98 Å². The Bertz CT molecular complexity index is 725. The number of carbonyl (C=O) groups excluding carboxylic acids is 2. The van der Waals surface area contributed by atoms with Gasteiger partial charge in [0.15, 0.2) is 0 Å². The Labute approximate surface area is 139 Å². The molecule has 6 heteroatoms. The van der Waals surface area contributed by atoms with Crippen molar-refractivity contribution in [3.8, 4) is 0 Å². The third kappa shape index (κ3) is 3.42. The molecule has 0 unspecified atom stereocenters. The Morgan fingerprint density at radius 2 is 2.04 bits per heavy atom. The first kappa shape index (κ1) is 15.7. The van der Waals surface area contributed by atoms with Gasteiger partial charge >= 0.3 is 0 Å². The van der Waals surface area contributed by atoms with Crippen LogP contribution >= 0.6 is 11.3 Å². The maximum absolute atomic E-state index is 12.7. The molecule has 2 heterocycles. The fourth-order valence-electron chi connectivity index (χ4n) is 2.72. The van der Waals surface area contributed by atoms with Gasteiger partial charge in [-0.15, -0.1) is 11.3 Å². The number of carbonyl (C=O) groups is 2. The van der Waals surface area contributed by atoms with Crippen LogP contribution < -0.4 is 10.6 Å². The zero-order valence-electron chi connectivity index (χ0n) is 13.0. The molecule has 0 atom stereocenters. The predicted molar refractivity (Wildman–Crippen MR) is 92.1 cm³/mol. The second-order valence-electron chi connectivity index (χ2n) is 5.49. The van der Waals surface area contributed by atoms with Gasteiger partial charge in [-0.2, -0.15) is 0 Å². The van der Waals surface area contributed by atoms with E-state index in [0.717, 1.165) is 31.2 Å². The molecular weight excluding hydrogens is 310 g/mol. The lowest BCUT2D eigenvalue weighted by molar-refractivity contribution is -0.115. The average molecular weight is 329 g/mol. The molecule has 120 valence electrons. The average Bonchev–Trinajstić information content (AvgIpc) is 2.93. The minimum atomic E-state index is -0.200. The van der Waals surface area contributed by atoms with Crippen LogP contribution in [0.4, 0.5) is 10.8 Å². The minimum Gasteiger partial charge on any atom is -0.317 e. The van der Waals surface area contributed by atoms with E-state index in [9.17, 15) is 9.59 Å². The first-order chi connectivity index (χ1) is 11.2. The number of hydrogen-bond acceptors (Lipinski definition) is 4. The fraction of sp³-hybridized carbons (Fsp3) is 0.353. The van der Waals surface area contributed by atoms with Crippen LogP contribution in [0.25, 0.3) is 0 Å². The van der Waals surface area contributed by atoms with E-state index in [-0.39, 0.29) is 11.8 Å². The SMILES string of the molecule is CCC(=O)Nc1sc2c(c1C(=O)Nc1ccccn1)CCCC2. The number of pyridine rings is 1. The first-order valence-corrected chi connectivity index (χ1v) is 8.67. The fourth-order valence-corrected chi connectivity index (χ4v) is 4.03. The zero-order chi connectivity index (χ0) is 16.2. The molecule has 23 heavy (non-hydrogen) atoms. The molecule has 0 aromatic carbocycles. The molecule has 2 aromatic heterocycles. The summed E-state index contributed by atoms with van der Waals surface area (Å²) in [6.07, 6.45) is 6.11. The molecule has 0 bridgehead atoms. The van der Waals surface area contributed by atoms with Gasteiger partial charge in [0.25, 0.3) is 5.91 Å². The molecule has 2 amide bonds. The smallest absolute Gasteiger partial charge is 0.260 e. The van der Waals surface area contributed by atoms with Gasteiger partial charge in [0.1, 0.15) is 10.8 Å². The molecule has 0 spiro atoms. The lowest BCUT2D eigenvalue weighted by Gasteiger charge is -2.13. The van der Waals surface area contributed by atoms with E-state index in [1.54, 1.807) is 25.3 Å². The van der Waals surface area contributed by atoms with E-state index in [4.69, 9.17) is 0 Å². The predicted octanol–water partition coefficient (Wildman–Crippen LogP) is 3.62. The highest BCUT2D eigenvalue weighted by atomic mass is 32.1. The Morgan fingerprint density at radius 1 is 1.22 bits per heavy atom. The van der Waals surface area contributed by atoms with E-state index >= 15 is 0 Å². The first-order valence-electron chi connectivity index (χ1n) is 7.85. The summed E-state index contributed by atoms with van der Waals surface area (Å²) < 4.78 is 0. The number of fused-ring (bicyclic) bond motifs is 1. The molecule has 0 radical (unpaired) electrons. The molecule has 2 N–H and O–H groups in total. The van der Waals surface area contributed by atoms with Gasteiger partial charge in [0, 0.05) is 17.5 Å². The van der Waals surface area contributed by atoms with Crippen LogP contribution in [-0.2, 0) is 17.6 Å². The summed E-state index contributed by atoms with van der Waals surface area (Å²) in [6, 6.07) is 5.38. The maximum atomic E-state index is 12.7. The number of nitrogens with zero attached hydrogens (tertiary/aromatic N) is 1. The molecule has 3 rings (SSSR count). The normalized spacial score (nSPS) is 13.3. The Kier molecular flexibility index (Phi) is 4.71. The Balaban J connectivity index is 1.93. The monoisotopic (exact) mass is 329 g/mol. The number of hydrogen-bond donors (Lipinski definition) is 2. The van der Waals surface area contributed by atoms with Gasteiger partial charge in [0.2, 0.25) is 5.91 Å². The van der Waals surface area contributed by atoms with Crippen LogP contribution in [0, 0.1) is 0 Å². The summed E-state index contributed by atoms with van der Waals surface area (Å²) in [5.41, 5.74) is 1.69. The van der Waals surface area contributed by atoms with Crippen LogP contribution in [0.5, 0.6) is 0 Å². The maximum Gasteiger partial charge on any atom is 0.260 e. The largest absolute Gasteiger partial charge is 0.317 e. The number of amides is 2. The summed E-state index contributed by atoms with van der Waals surface area (Å²) >= 11 is 1.53. The van der Waals surface area contributed by atoms with E-state index < -0.39 is 0 Å². The Morgan fingerprint density at radius 3 is 2.78 bits per heavy atom. The van der Waals surface area contributed by atoms with E-state index in [1.807, 2.05) is 6.07 Å². The van der Waals surface area contributed by atoms with Crippen molar-refractivity contribution < 1.29 is 9.59 Å². The van der Waals surface area contributed by atoms with Gasteiger partial charge in [-0.1, -0.05) is 13.0 Å². The highest BCUT2D eigenvalue weighted by molar-refractivity contribution is 7.17. The van der Waals surface area contributed by atoms with Crippen LogP contribution in [0.1, 0.15) is 47.0 Å². The number of aromatic nitrogens is 1. The van der Waals surface area contributed by atoms with Crippen molar-refractivity contribution in [2.45, 2.75) is 39.0 Å². The number of anilines is 2. The van der Waals surface area contributed by atoms with Crippen molar-refractivity contribution >= 4 is 34.0 Å². The highest BCUT2D eigenvalue weighted by Gasteiger charge is 2.26. The van der Waals surface area contributed by atoms with Crippen LogP contribution in [0.15, 0.2) is 24.4 Å². The topological polar surface area (TPSA) is 71.1 Å². The number of nitrogens with one attached hydrogen (secondary N) is 2. The van der Waals surface area contributed by atoms with Gasteiger partial charge in [0.05, 0.1) is 5.56 Å². The van der Waals surface area contributed by atoms with Gasteiger partial charge in [-0.3, -0.25) is 9.59 Å². The molecule has 1 aliphatic carbocycles. The second kappa shape index (κ2) is 6.91. The van der Waals surface area contributed by atoms with E-state index in [2.05, 4.69) is 15.6 Å². The Hall–Kier alpha value is -2.21. The summed E-state index contributed by atoms with van der Waals surface area (Å²) in [4.78, 5) is 29.9. The van der Waals surface area contributed by atoms with E-state index in [0.29, 0.717) is 22.8 Å². The van der Waals surface area contributed by atoms with Crippen molar-refractivity contribution in [3.63, 3.8) is 0 Å². The molecule has 5 nitrogen and oxygen atoms in total. The molecule has 1 aliphatic rings. The second-order valence-corrected chi connectivity index (χ2v) is 6.59. The van der Waals surface area contributed by atoms with E-state index in [1.165, 1.54) is 16.2 Å². The summed E-state index contributed by atoms with van der Waals surface area (Å²) in [7, 11) is 0. The number of thiophene rings is 1. The standard InChI is InChI=1S/C17H19N3O2S/c1-2-14(21)20-17-15(11-7-3-4-8-12(11)23-17)16(22)19-13-9-5-6-10-18-13/h5-6,9-10H,2-4,7-8H2,1H3,(H,20,21)(H,18,19,22).